The zero-order valence-electron chi connectivity index (χ0n) is 12.0. The lowest BCUT2D eigenvalue weighted by Crippen LogP contribution is -2.46. The van der Waals surface area contributed by atoms with Gasteiger partial charge in [-0.3, -0.25) is 19.7 Å². The van der Waals surface area contributed by atoms with Gasteiger partial charge in [0.1, 0.15) is 5.69 Å². The Morgan fingerprint density at radius 1 is 1.41 bits per heavy atom. The summed E-state index contributed by atoms with van der Waals surface area (Å²) in [5.74, 6) is -0.919. The van der Waals surface area contributed by atoms with Crippen molar-refractivity contribution in [1.82, 2.24) is 4.90 Å². The van der Waals surface area contributed by atoms with Crippen molar-refractivity contribution in [1.29, 1.82) is 0 Å². The lowest BCUT2D eigenvalue weighted by Gasteiger charge is -2.31. The molecule has 1 fully saturated rings. The number of nitrogens with two attached hydrogens (primary N) is 1. The first-order valence-corrected chi connectivity index (χ1v) is 7.03. The van der Waals surface area contributed by atoms with Crippen molar-refractivity contribution < 1.29 is 14.5 Å². The van der Waals surface area contributed by atoms with Crippen molar-refractivity contribution in [2.75, 3.05) is 25.0 Å². The normalized spacial score (nSPS) is 17.8. The van der Waals surface area contributed by atoms with Gasteiger partial charge in [0.15, 0.2) is 0 Å². The molecule has 0 bridgehead atoms. The van der Waals surface area contributed by atoms with E-state index in [1.165, 1.54) is 6.07 Å². The minimum Gasteiger partial charge on any atom is -0.371 e. The van der Waals surface area contributed by atoms with Gasteiger partial charge in [-0.15, -0.1) is 0 Å². The molecule has 2 rings (SSSR count). The zero-order chi connectivity index (χ0) is 16.1. The van der Waals surface area contributed by atoms with Gasteiger partial charge < -0.3 is 16.0 Å². The predicted molar refractivity (Wildman–Crippen MR) is 80.1 cm³/mol. The second-order valence-corrected chi connectivity index (χ2v) is 5.21. The number of carbonyl (C=O) groups excluding carboxylic acids is 2. The fourth-order valence-electron chi connectivity index (χ4n) is 2.50. The third-order valence-corrected chi connectivity index (χ3v) is 3.71. The number of hydrogen-bond acceptors (Lipinski definition) is 5. The molecular weight excluding hydrogens is 288 g/mol. The molecule has 1 aromatic carbocycles. The first-order valence-electron chi connectivity index (χ1n) is 7.03. The smallest absolute Gasteiger partial charge is 0.292 e. The number of nitrogens with one attached hydrogen (secondary N) is 1. The van der Waals surface area contributed by atoms with E-state index in [-0.39, 0.29) is 24.1 Å². The number of primary amides is 1. The molecule has 0 spiro atoms. The molecule has 1 aliphatic rings. The summed E-state index contributed by atoms with van der Waals surface area (Å²) >= 11 is 0. The van der Waals surface area contributed by atoms with Gasteiger partial charge in [0.2, 0.25) is 11.8 Å². The maximum atomic E-state index is 12.2. The lowest BCUT2D eigenvalue weighted by atomic mass is 9.97. The number of likely N-dealkylation sites (tertiary alicyclic amines) is 1. The van der Waals surface area contributed by atoms with Crippen LogP contribution in [0.4, 0.5) is 11.4 Å². The van der Waals surface area contributed by atoms with E-state index in [9.17, 15) is 19.7 Å². The fourth-order valence-corrected chi connectivity index (χ4v) is 2.50. The number of carbonyl (C=O) groups is 2. The van der Waals surface area contributed by atoms with Crippen molar-refractivity contribution in [2.45, 2.75) is 12.8 Å². The highest BCUT2D eigenvalue weighted by atomic mass is 16.6. The molecule has 0 aromatic heterocycles. The summed E-state index contributed by atoms with van der Waals surface area (Å²) in [5.41, 5.74) is 5.50. The summed E-state index contributed by atoms with van der Waals surface area (Å²) in [6.07, 6.45) is 1.42. The van der Waals surface area contributed by atoms with Crippen molar-refractivity contribution in [3.05, 3.63) is 34.4 Å². The van der Waals surface area contributed by atoms with Crippen molar-refractivity contribution >= 4 is 23.2 Å². The van der Waals surface area contributed by atoms with E-state index in [0.717, 1.165) is 6.42 Å². The summed E-state index contributed by atoms with van der Waals surface area (Å²) in [4.78, 5) is 35.3. The van der Waals surface area contributed by atoms with Gasteiger partial charge in [-0.05, 0) is 18.9 Å². The molecule has 118 valence electrons. The number of anilines is 1. The van der Waals surface area contributed by atoms with Crippen LogP contribution >= 0.6 is 0 Å². The first-order chi connectivity index (χ1) is 10.5. The average molecular weight is 306 g/mol. The van der Waals surface area contributed by atoms with E-state index < -0.39 is 10.8 Å². The van der Waals surface area contributed by atoms with Crippen LogP contribution < -0.4 is 11.1 Å². The molecule has 0 saturated carbocycles. The van der Waals surface area contributed by atoms with E-state index in [4.69, 9.17) is 5.73 Å². The molecule has 1 aromatic rings. The maximum absolute atomic E-state index is 12.2. The number of nitrogens with zero attached hydrogens (tertiary/aromatic N) is 2. The molecule has 3 N–H and O–H groups in total. The molecule has 8 heteroatoms. The first kappa shape index (κ1) is 15.7. The average Bonchev–Trinajstić information content (AvgIpc) is 2.52. The molecule has 8 nitrogen and oxygen atoms in total. The van der Waals surface area contributed by atoms with E-state index in [2.05, 4.69) is 5.32 Å². The third-order valence-electron chi connectivity index (χ3n) is 3.71. The minimum atomic E-state index is -0.503. The molecule has 22 heavy (non-hydrogen) atoms. The number of rotatable bonds is 5. The molecule has 0 aliphatic carbocycles. The Hall–Kier alpha value is -2.64. The molecule has 1 saturated heterocycles. The number of hydrogen-bond donors (Lipinski definition) is 2. The maximum Gasteiger partial charge on any atom is 0.292 e. The van der Waals surface area contributed by atoms with Crippen LogP contribution in [0.5, 0.6) is 0 Å². The largest absolute Gasteiger partial charge is 0.371 e. The molecule has 0 radical (unpaired) electrons. The van der Waals surface area contributed by atoms with Crippen LogP contribution in [0.3, 0.4) is 0 Å². The summed E-state index contributed by atoms with van der Waals surface area (Å²) in [7, 11) is 0. The van der Waals surface area contributed by atoms with Gasteiger partial charge in [0.25, 0.3) is 5.69 Å². The van der Waals surface area contributed by atoms with Gasteiger partial charge >= 0.3 is 0 Å². The number of nitro benzene ring substituents is 1. The van der Waals surface area contributed by atoms with Crippen molar-refractivity contribution in [3.8, 4) is 0 Å². The molecule has 1 aliphatic heterocycles. The second kappa shape index (κ2) is 6.88. The Morgan fingerprint density at radius 2 is 2.14 bits per heavy atom. The quantitative estimate of drug-likeness (QED) is 0.614. The Bertz CT molecular complexity index is 590. The number of nitro groups is 1. The van der Waals surface area contributed by atoms with Gasteiger partial charge in [-0.25, -0.2) is 0 Å². The van der Waals surface area contributed by atoms with Crippen LogP contribution in [0.1, 0.15) is 12.8 Å². The van der Waals surface area contributed by atoms with Crippen LogP contribution in [-0.4, -0.2) is 41.3 Å². The second-order valence-electron chi connectivity index (χ2n) is 5.21. The van der Waals surface area contributed by atoms with Gasteiger partial charge in [-0.1, -0.05) is 12.1 Å². The Kier molecular flexibility index (Phi) is 4.92. The fraction of sp³-hybridized carbons (Fsp3) is 0.429. The van der Waals surface area contributed by atoms with E-state index >= 15 is 0 Å². The Labute approximate surface area is 127 Å². The Morgan fingerprint density at radius 3 is 2.82 bits per heavy atom. The minimum absolute atomic E-state index is 0.0592. The van der Waals surface area contributed by atoms with Gasteiger partial charge in [0.05, 0.1) is 17.4 Å². The molecule has 2 amide bonds. The summed E-state index contributed by atoms with van der Waals surface area (Å²) in [5, 5.41) is 13.7. The SMILES string of the molecule is NC(=O)[C@H]1CCCN(C(=O)CNc2ccccc2[N+](=O)[O-])C1. The predicted octanol–water partition coefficient (Wildman–Crippen LogP) is 0.731. The highest BCUT2D eigenvalue weighted by Crippen LogP contribution is 2.23. The van der Waals surface area contributed by atoms with Crippen LogP contribution in [0.2, 0.25) is 0 Å². The highest BCUT2D eigenvalue weighted by Gasteiger charge is 2.27. The van der Waals surface area contributed by atoms with Gasteiger partial charge in [0, 0.05) is 19.2 Å². The molecule has 1 heterocycles. The molecule has 0 unspecified atom stereocenters. The zero-order valence-corrected chi connectivity index (χ0v) is 12.0. The van der Waals surface area contributed by atoms with E-state index in [1.807, 2.05) is 0 Å². The number of para-hydroxylation sites is 2. The molecule has 1 atom stereocenters. The highest BCUT2D eigenvalue weighted by molar-refractivity contribution is 5.83. The van der Waals surface area contributed by atoms with Crippen LogP contribution in [0.15, 0.2) is 24.3 Å². The summed E-state index contributed by atoms with van der Waals surface area (Å²) in [6.45, 7) is 0.824. The third kappa shape index (κ3) is 3.72. The topological polar surface area (TPSA) is 119 Å². The monoisotopic (exact) mass is 306 g/mol. The number of piperidine rings is 1. The van der Waals surface area contributed by atoms with Gasteiger partial charge in [-0.2, -0.15) is 0 Å². The lowest BCUT2D eigenvalue weighted by molar-refractivity contribution is -0.383. The van der Waals surface area contributed by atoms with Crippen LogP contribution in [0, 0.1) is 16.0 Å². The Balaban J connectivity index is 1.95. The summed E-state index contributed by atoms with van der Waals surface area (Å²) in [6, 6.07) is 6.14. The molecular formula is C14H18N4O4. The number of amides is 2. The standard InChI is InChI=1S/C14H18N4O4/c15-14(20)10-4-3-7-17(9-10)13(19)8-16-11-5-1-2-6-12(11)18(21)22/h1-2,5-6,10,16H,3-4,7-9H2,(H2,15,20)/t10-/m0/s1. The van der Waals surface area contributed by atoms with Crippen molar-refractivity contribution in [3.63, 3.8) is 0 Å². The van der Waals surface area contributed by atoms with Crippen LogP contribution in [-0.2, 0) is 9.59 Å². The summed E-state index contributed by atoms with van der Waals surface area (Å²) < 4.78 is 0. The van der Waals surface area contributed by atoms with Crippen LogP contribution in [0.25, 0.3) is 0 Å². The van der Waals surface area contributed by atoms with E-state index in [1.54, 1.807) is 23.1 Å². The van der Waals surface area contributed by atoms with E-state index in [0.29, 0.717) is 25.2 Å². The van der Waals surface area contributed by atoms with Crippen molar-refractivity contribution in [2.24, 2.45) is 11.7 Å². The number of benzene rings is 1.